The number of aliphatic hydroxyl groups excluding tert-OH is 2. The van der Waals surface area contributed by atoms with Crippen LogP contribution in [0.2, 0.25) is 0 Å². The Morgan fingerprint density at radius 3 is 1.91 bits per heavy atom. The smallest absolute Gasteiger partial charge is 0.0715 e. The quantitative estimate of drug-likeness (QED) is 0.175. The van der Waals surface area contributed by atoms with Gasteiger partial charge >= 0.3 is 0 Å². The van der Waals surface area contributed by atoms with Crippen LogP contribution in [0.25, 0.3) is 50.3 Å². The number of rotatable bonds is 3. The average Bonchev–Trinajstić information content (AvgIpc) is 3.51. The molecule has 241 valence electrons. The van der Waals surface area contributed by atoms with Gasteiger partial charge in [-0.1, -0.05) is 116 Å². The van der Waals surface area contributed by atoms with Gasteiger partial charge in [-0.15, -0.1) is 0 Å². The Kier molecular flexibility index (Phi) is 11.8. The van der Waals surface area contributed by atoms with Crippen molar-refractivity contribution in [3.8, 4) is 22.5 Å². The Morgan fingerprint density at radius 2 is 1.23 bits per heavy atom. The number of benzene rings is 4. The fourth-order valence-corrected chi connectivity index (χ4v) is 6.95. The molecule has 2 aliphatic carbocycles. The molecule has 5 heteroatoms. The third-order valence-electron chi connectivity index (χ3n) is 9.41. The summed E-state index contributed by atoms with van der Waals surface area (Å²) in [6.45, 7) is 5.80. The minimum Gasteiger partial charge on any atom is -0.393 e. The molecule has 4 atom stereocenters. The van der Waals surface area contributed by atoms with E-state index in [-0.39, 0.29) is 38.2 Å². The molecule has 0 aliphatic heterocycles. The number of hydrogen-bond acceptors (Lipinski definition) is 4. The van der Waals surface area contributed by atoms with E-state index in [1.54, 1.807) is 6.08 Å². The van der Waals surface area contributed by atoms with Crippen molar-refractivity contribution in [2.45, 2.75) is 51.2 Å². The first-order valence-corrected chi connectivity index (χ1v) is 16.4. The van der Waals surface area contributed by atoms with Crippen molar-refractivity contribution in [1.82, 2.24) is 9.97 Å². The van der Waals surface area contributed by atoms with Crippen molar-refractivity contribution in [1.29, 1.82) is 0 Å². The van der Waals surface area contributed by atoms with Gasteiger partial charge in [-0.25, -0.2) is 9.97 Å². The second kappa shape index (κ2) is 16.2. The Morgan fingerprint density at radius 1 is 0.617 bits per heavy atom. The van der Waals surface area contributed by atoms with Crippen LogP contribution >= 0.6 is 0 Å². The SMILES string of the molecule is C=Cc1nc(-c2ccccc2)ccc1C.OC1CCCC2CCC(O)C12.[Ir].c1ccc(-c2ccc3c(ccc4ccccc43)n2)cc1. The van der Waals surface area contributed by atoms with Crippen LogP contribution in [0.1, 0.15) is 43.4 Å². The first-order chi connectivity index (χ1) is 22.5. The zero-order chi connectivity index (χ0) is 31.9. The van der Waals surface area contributed by atoms with Gasteiger partial charge in [-0.3, -0.25) is 0 Å². The summed E-state index contributed by atoms with van der Waals surface area (Å²) in [5.74, 6) is 0.831. The topological polar surface area (TPSA) is 66.2 Å². The molecular weight excluding hydrogens is 757 g/mol. The van der Waals surface area contributed by atoms with Gasteiger partial charge in [0.2, 0.25) is 0 Å². The van der Waals surface area contributed by atoms with Crippen molar-refractivity contribution in [3.05, 3.63) is 139 Å². The molecule has 2 N–H and O–H groups in total. The minimum absolute atomic E-state index is 0. The van der Waals surface area contributed by atoms with E-state index in [1.165, 1.54) is 22.6 Å². The zero-order valence-corrected chi connectivity index (χ0v) is 29.2. The summed E-state index contributed by atoms with van der Waals surface area (Å²) >= 11 is 0. The Hall–Kier alpha value is -3.99. The molecule has 2 saturated carbocycles. The molecule has 4 nitrogen and oxygen atoms in total. The van der Waals surface area contributed by atoms with E-state index in [4.69, 9.17) is 4.98 Å². The van der Waals surface area contributed by atoms with E-state index in [9.17, 15) is 10.2 Å². The predicted molar refractivity (Wildman–Crippen MR) is 191 cm³/mol. The summed E-state index contributed by atoms with van der Waals surface area (Å²) in [4.78, 5) is 9.34. The van der Waals surface area contributed by atoms with Gasteiger partial charge in [0.1, 0.15) is 0 Å². The molecule has 2 aliphatic rings. The van der Waals surface area contributed by atoms with Crippen LogP contribution in [-0.2, 0) is 20.1 Å². The molecule has 47 heavy (non-hydrogen) atoms. The van der Waals surface area contributed by atoms with E-state index in [0.29, 0.717) is 5.92 Å². The maximum Gasteiger partial charge on any atom is 0.0715 e. The molecule has 2 aromatic heterocycles. The summed E-state index contributed by atoms with van der Waals surface area (Å²) in [6.07, 6.45) is 6.67. The fraction of sp³-hybridized carbons (Fsp3) is 0.238. The maximum atomic E-state index is 9.59. The molecule has 0 bridgehead atoms. The van der Waals surface area contributed by atoms with Gasteiger partial charge < -0.3 is 10.2 Å². The summed E-state index contributed by atoms with van der Waals surface area (Å²) in [5.41, 5.74) is 7.47. The Bertz CT molecular complexity index is 1910. The van der Waals surface area contributed by atoms with Gasteiger partial charge in [0, 0.05) is 42.5 Å². The van der Waals surface area contributed by atoms with Crippen molar-refractivity contribution >= 4 is 27.8 Å². The number of aryl methyl sites for hydroxylation is 1. The molecule has 4 unspecified atom stereocenters. The van der Waals surface area contributed by atoms with Crippen molar-refractivity contribution < 1.29 is 30.3 Å². The third-order valence-corrected chi connectivity index (χ3v) is 9.41. The zero-order valence-electron chi connectivity index (χ0n) is 26.8. The van der Waals surface area contributed by atoms with Gasteiger partial charge in [-0.05, 0) is 79.1 Å². The summed E-state index contributed by atoms with van der Waals surface area (Å²) in [6, 6.07) is 41.5. The summed E-state index contributed by atoms with van der Waals surface area (Å²) < 4.78 is 0. The van der Waals surface area contributed by atoms with E-state index in [1.807, 2.05) is 49.4 Å². The normalized spacial score (nSPS) is 19.7. The Labute approximate surface area is 291 Å². The van der Waals surface area contributed by atoms with Crippen LogP contribution in [0, 0.1) is 18.8 Å². The minimum atomic E-state index is -0.216. The maximum absolute atomic E-state index is 9.59. The predicted octanol–water partition coefficient (Wildman–Crippen LogP) is 9.67. The average molecular weight is 799 g/mol. The van der Waals surface area contributed by atoms with E-state index >= 15 is 0 Å². The standard InChI is InChI=1S/C19H13N.C14H13N.C9H16O2.Ir/c1-2-7-15(8-3-1)18-13-11-17-16-9-5-4-6-14(16)10-12-19(17)20-18;1-3-13-11(2)9-10-14(15-13)12-7-5-4-6-8-12;10-7-3-1-2-6-4-5-8(11)9(6)7;/h1-13H;3-10H,1H2,2H3;6-11H,1-5H2;. The number of pyridine rings is 2. The van der Waals surface area contributed by atoms with E-state index in [2.05, 4.69) is 90.4 Å². The van der Waals surface area contributed by atoms with Gasteiger partial charge in [-0.2, -0.15) is 0 Å². The van der Waals surface area contributed by atoms with Gasteiger partial charge in [0.25, 0.3) is 0 Å². The number of fused-ring (bicyclic) bond motifs is 4. The summed E-state index contributed by atoms with van der Waals surface area (Å²) in [5, 5.41) is 22.9. The Balaban J connectivity index is 0.000000143. The van der Waals surface area contributed by atoms with Crippen LogP contribution in [0.5, 0.6) is 0 Å². The second-order valence-corrected chi connectivity index (χ2v) is 12.4. The molecule has 8 rings (SSSR count). The molecule has 0 amide bonds. The number of aromatic nitrogens is 2. The first kappa shape index (κ1) is 34.3. The van der Waals surface area contributed by atoms with Gasteiger partial charge in [0.05, 0.1) is 34.8 Å². The number of nitrogens with zero attached hydrogens (tertiary/aromatic N) is 2. The van der Waals surface area contributed by atoms with E-state index < -0.39 is 0 Å². The van der Waals surface area contributed by atoms with E-state index in [0.717, 1.165) is 65.0 Å². The largest absolute Gasteiger partial charge is 0.393 e. The van der Waals surface area contributed by atoms with Crippen molar-refractivity contribution in [2.24, 2.45) is 11.8 Å². The molecule has 2 fully saturated rings. The van der Waals surface area contributed by atoms with Crippen molar-refractivity contribution in [3.63, 3.8) is 0 Å². The van der Waals surface area contributed by atoms with Crippen LogP contribution in [0.4, 0.5) is 0 Å². The summed E-state index contributed by atoms with van der Waals surface area (Å²) in [7, 11) is 0. The number of aliphatic hydroxyl groups is 2. The van der Waals surface area contributed by atoms with Crippen LogP contribution < -0.4 is 0 Å². The molecule has 0 spiro atoms. The van der Waals surface area contributed by atoms with Crippen LogP contribution in [0.15, 0.2) is 128 Å². The molecular formula is C42H42IrN2O2. The fourth-order valence-electron chi connectivity index (χ4n) is 6.95. The first-order valence-electron chi connectivity index (χ1n) is 16.4. The third kappa shape index (κ3) is 8.12. The van der Waals surface area contributed by atoms with Crippen LogP contribution in [0.3, 0.4) is 0 Å². The molecule has 4 aromatic carbocycles. The van der Waals surface area contributed by atoms with Crippen molar-refractivity contribution in [2.75, 3.05) is 0 Å². The van der Waals surface area contributed by atoms with Crippen LogP contribution in [-0.4, -0.2) is 32.4 Å². The molecule has 1 radical (unpaired) electrons. The monoisotopic (exact) mass is 799 g/mol. The van der Waals surface area contributed by atoms with Gasteiger partial charge in [0.15, 0.2) is 0 Å². The number of hydrogen-bond donors (Lipinski definition) is 2. The molecule has 0 saturated heterocycles. The second-order valence-electron chi connectivity index (χ2n) is 12.4. The molecule has 2 heterocycles. The molecule has 6 aromatic rings.